The van der Waals surface area contributed by atoms with Crippen LogP contribution in [0.1, 0.15) is 82.9 Å². The van der Waals surface area contributed by atoms with E-state index in [4.69, 9.17) is 14.2 Å². The molecule has 4 atom stereocenters. The number of carbonyl (C=O) groups is 2. The number of aryl methyl sites for hydroxylation is 1. The molecule has 0 radical (unpaired) electrons. The van der Waals surface area contributed by atoms with Gasteiger partial charge in [0.25, 0.3) is 0 Å². The van der Waals surface area contributed by atoms with Gasteiger partial charge in [0.1, 0.15) is 6.04 Å². The average Bonchev–Trinajstić information content (AvgIpc) is 3.26. The number of carbonyl (C=O) groups excluding carboxylic acids is 2. The predicted octanol–water partition coefficient (Wildman–Crippen LogP) is 4.84. The number of piperidine rings is 1. The molecular formula is C36H49N3O7. The summed E-state index contributed by atoms with van der Waals surface area (Å²) < 4.78 is 17.2. The number of anilines is 1. The fraction of sp³-hybridized carbons (Fsp3) is 0.583. The Balaban J connectivity index is 1.56. The zero-order valence-electron chi connectivity index (χ0n) is 28.0. The largest absolute Gasteiger partial charge is 0.493 e. The first-order valence-corrected chi connectivity index (χ1v) is 16.5. The number of benzene rings is 1. The van der Waals surface area contributed by atoms with Gasteiger partial charge in [-0.2, -0.15) is 0 Å². The fourth-order valence-electron chi connectivity index (χ4n) is 7.70. The van der Waals surface area contributed by atoms with Crippen molar-refractivity contribution in [3.63, 3.8) is 0 Å². The van der Waals surface area contributed by atoms with E-state index in [1.165, 1.54) is 6.92 Å². The lowest BCUT2D eigenvalue weighted by atomic mass is 9.71. The molecule has 0 aromatic heterocycles. The van der Waals surface area contributed by atoms with Crippen molar-refractivity contribution >= 4 is 17.5 Å². The summed E-state index contributed by atoms with van der Waals surface area (Å²) in [6.45, 7) is 6.63. The van der Waals surface area contributed by atoms with Crippen LogP contribution < -0.4 is 30.3 Å². The summed E-state index contributed by atoms with van der Waals surface area (Å²) in [6, 6.07) is 6.06. The third-order valence-electron chi connectivity index (χ3n) is 9.99. The van der Waals surface area contributed by atoms with Gasteiger partial charge in [-0.1, -0.05) is 32.8 Å². The van der Waals surface area contributed by atoms with Gasteiger partial charge in [-0.3, -0.25) is 14.4 Å². The van der Waals surface area contributed by atoms with Crippen LogP contribution in [0.5, 0.6) is 17.2 Å². The summed E-state index contributed by atoms with van der Waals surface area (Å²) in [7, 11) is 4.69. The second-order valence-corrected chi connectivity index (χ2v) is 13.5. The molecule has 2 amide bonds. The minimum Gasteiger partial charge on any atom is -0.493 e. The van der Waals surface area contributed by atoms with Crippen LogP contribution in [-0.2, 0) is 16.0 Å². The Kier molecular flexibility index (Phi) is 10.2. The Labute approximate surface area is 271 Å². The SMILES string of the molecule is COc1cc2c(c(OC)c1OC)-c1ccc(N[C@@H](CC(C)C)C(=O)N3CC[C@@]4(O)CCCC[C@@H]4C3)c(=O)cc1[C@@H](NC(C)=O)CC2. The molecule has 0 unspecified atom stereocenters. The van der Waals surface area contributed by atoms with Gasteiger partial charge >= 0.3 is 0 Å². The van der Waals surface area contributed by atoms with Crippen molar-refractivity contribution in [1.29, 1.82) is 0 Å². The number of rotatable bonds is 9. The van der Waals surface area contributed by atoms with Crippen molar-refractivity contribution in [2.75, 3.05) is 39.7 Å². The number of nitrogens with one attached hydrogen (secondary N) is 2. The van der Waals surface area contributed by atoms with Crippen LogP contribution in [0.25, 0.3) is 11.1 Å². The van der Waals surface area contributed by atoms with Crippen molar-refractivity contribution in [1.82, 2.24) is 10.2 Å². The maximum Gasteiger partial charge on any atom is 0.245 e. The third-order valence-corrected chi connectivity index (χ3v) is 9.99. The van der Waals surface area contributed by atoms with E-state index in [-0.39, 0.29) is 29.1 Å². The van der Waals surface area contributed by atoms with Crippen molar-refractivity contribution in [2.24, 2.45) is 11.8 Å². The van der Waals surface area contributed by atoms with Gasteiger partial charge in [-0.25, -0.2) is 0 Å². The Hall–Kier alpha value is -3.79. The van der Waals surface area contributed by atoms with Gasteiger partial charge in [-0.05, 0) is 79.3 Å². The summed E-state index contributed by atoms with van der Waals surface area (Å²) in [4.78, 5) is 42.2. The first-order chi connectivity index (χ1) is 22.0. The van der Waals surface area contributed by atoms with E-state index in [0.29, 0.717) is 67.3 Å². The molecular weight excluding hydrogens is 586 g/mol. The first-order valence-electron chi connectivity index (χ1n) is 16.5. The molecule has 3 aliphatic rings. The maximum absolute atomic E-state index is 14.0. The lowest BCUT2D eigenvalue weighted by Gasteiger charge is -2.48. The number of hydrogen-bond acceptors (Lipinski definition) is 8. The van der Waals surface area contributed by atoms with Crippen molar-refractivity contribution in [3.05, 3.63) is 45.6 Å². The number of methoxy groups -OCH3 is 3. The molecule has 1 saturated heterocycles. The number of ether oxygens (including phenoxy) is 3. The average molecular weight is 636 g/mol. The number of nitrogens with zero attached hydrogens (tertiary/aromatic N) is 1. The Morgan fingerprint density at radius 2 is 1.80 bits per heavy atom. The van der Waals surface area contributed by atoms with E-state index >= 15 is 0 Å². The molecule has 1 saturated carbocycles. The third kappa shape index (κ3) is 6.68. The number of amides is 2. The van der Waals surface area contributed by atoms with Crippen LogP contribution in [-0.4, -0.2) is 67.9 Å². The highest BCUT2D eigenvalue weighted by Gasteiger charge is 2.44. The molecule has 3 N–H and O–H groups in total. The maximum atomic E-state index is 14.0. The van der Waals surface area contributed by atoms with E-state index in [2.05, 4.69) is 24.5 Å². The molecule has 2 aromatic rings. The highest BCUT2D eigenvalue weighted by molar-refractivity contribution is 5.86. The number of fused-ring (bicyclic) bond motifs is 4. The highest BCUT2D eigenvalue weighted by Crippen LogP contribution is 2.50. The zero-order chi connectivity index (χ0) is 33.2. The summed E-state index contributed by atoms with van der Waals surface area (Å²) in [6.07, 6.45) is 6.10. The van der Waals surface area contributed by atoms with Crippen LogP contribution in [0, 0.1) is 11.8 Å². The Bertz CT molecular complexity index is 1530. The molecule has 1 heterocycles. The molecule has 0 spiro atoms. The molecule has 1 aliphatic heterocycles. The Morgan fingerprint density at radius 1 is 1.04 bits per heavy atom. The van der Waals surface area contributed by atoms with Crippen LogP contribution >= 0.6 is 0 Å². The summed E-state index contributed by atoms with van der Waals surface area (Å²) in [5.41, 5.74) is 2.45. The Morgan fingerprint density at radius 3 is 2.48 bits per heavy atom. The fourth-order valence-corrected chi connectivity index (χ4v) is 7.70. The highest BCUT2D eigenvalue weighted by atomic mass is 16.5. The predicted molar refractivity (Wildman–Crippen MR) is 178 cm³/mol. The zero-order valence-corrected chi connectivity index (χ0v) is 28.0. The second-order valence-electron chi connectivity index (χ2n) is 13.5. The number of aliphatic hydroxyl groups is 1. The lowest BCUT2D eigenvalue weighted by molar-refractivity contribution is -0.144. The summed E-state index contributed by atoms with van der Waals surface area (Å²) >= 11 is 0. The van der Waals surface area contributed by atoms with Crippen molar-refractivity contribution in [3.8, 4) is 28.4 Å². The normalized spacial score (nSPS) is 22.8. The van der Waals surface area contributed by atoms with Crippen LogP contribution in [0.2, 0.25) is 0 Å². The van der Waals surface area contributed by atoms with E-state index in [9.17, 15) is 19.5 Å². The van der Waals surface area contributed by atoms with Crippen LogP contribution in [0.3, 0.4) is 0 Å². The number of likely N-dealkylation sites (tertiary alicyclic amines) is 1. The molecule has 250 valence electrons. The van der Waals surface area contributed by atoms with Gasteiger partial charge in [0.15, 0.2) is 11.5 Å². The van der Waals surface area contributed by atoms with Crippen molar-refractivity contribution in [2.45, 2.75) is 89.8 Å². The smallest absolute Gasteiger partial charge is 0.245 e. The minimum atomic E-state index is -0.683. The molecule has 10 heteroatoms. The minimum absolute atomic E-state index is 0.0474. The van der Waals surface area contributed by atoms with Gasteiger partial charge in [0, 0.05) is 31.5 Å². The van der Waals surface area contributed by atoms with Gasteiger partial charge in [0.05, 0.1) is 38.7 Å². The molecule has 2 fully saturated rings. The van der Waals surface area contributed by atoms with Crippen LogP contribution in [0.15, 0.2) is 29.1 Å². The van der Waals surface area contributed by atoms with E-state index in [0.717, 1.165) is 42.4 Å². The van der Waals surface area contributed by atoms with Gasteiger partial charge in [-0.15, -0.1) is 0 Å². The molecule has 2 aliphatic carbocycles. The lowest BCUT2D eigenvalue weighted by Crippen LogP contribution is -2.57. The molecule has 46 heavy (non-hydrogen) atoms. The quantitative estimate of drug-likeness (QED) is 0.357. The standard InChI is InChI=1S/C36H49N3O7/c1-21(2)17-29(35(42)39-16-15-36(43)14-8-7-9-24(36)20-39)38-28-13-11-25-26(19-30(28)41)27(37-22(3)40)12-10-23-18-31(44-4)33(45-5)34(46-6)32(23)25/h11,13,18-19,21,24,27,29,43H,7-10,12,14-17,20H2,1-6H3,(H,37,40)(H,38,41)/t24-,27+,29+,36+/m1/s1. The topological polar surface area (TPSA) is 126 Å². The monoisotopic (exact) mass is 635 g/mol. The van der Waals surface area contributed by atoms with E-state index in [1.54, 1.807) is 33.5 Å². The summed E-state index contributed by atoms with van der Waals surface area (Å²) in [5.74, 6) is 1.48. The van der Waals surface area contributed by atoms with E-state index in [1.807, 2.05) is 17.0 Å². The van der Waals surface area contributed by atoms with Crippen LogP contribution in [0.4, 0.5) is 5.69 Å². The van der Waals surface area contributed by atoms with Gasteiger partial charge < -0.3 is 34.9 Å². The van der Waals surface area contributed by atoms with Crippen molar-refractivity contribution < 1.29 is 28.9 Å². The first kappa shape index (κ1) is 33.6. The van der Waals surface area contributed by atoms with E-state index < -0.39 is 17.7 Å². The molecule has 2 aromatic carbocycles. The molecule has 5 rings (SSSR count). The summed E-state index contributed by atoms with van der Waals surface area (Å²) in [5, 5.41) is 17.6. The molecule has 10 nitrogen and oxygen atoms in total. The molecule has 0 bridgehead atoms. The number of hydrogen-bond donors (Lipinski definition) is 3. The second kappa shape index (κ2) is 13.9. The van der Waals surface area contributed by atoms with Gasteiger partial charge in [0.2, 0.25) is 23.0 Å².